The van der Waals surface area contributed by atoms with E-state index in [4.69, 9.17) is 9.84 Å². The number of amides is 1. The zero-order chi connectivity index (χ0) is 12.5. The summed E-state index contributed by atoms with van der Waals surface area (Å²) in [7, 11) is 0. The summed E-state index contributed by atoms with van der Waals surface area (Å²) in [6.45, 7) is 1.19. The van der Waals surface area contributed by atoms with Crippen molar-refractivity contribution in [2.75, 3.05) is 26.4 Å². The molecule has 0 saturated heterocycles. The lowest BCUT2D eigenvalue weighted by atomic mass is 10.3. The van der Waals surface area contributed by atoms with Crippen molar-refractivity contribution in [3.63, 3.8) is 0 Å². The number of aromatic nitrogens is 1. The number of aliphatic hydroxyl groups is 1. The Morgan fingerprint density at radius 1 is 1.47 bits per heavy atom. The van der Waals surface area contributed by atoms with Crippen LogP contribution < -0.4 is 10.0 Å². The minimum Gasteiger partial charge on any atom is -0.618 e. The van der Waals surface area contributed by atoms with Gasteiger partial charge in [-0.3, -0.25) is 4.79 Å². The van der Waals surface area contributed by atoms with Crippen molar-refractivity contribution >= 4 is 5.91 Å². The van der Waals surface area contributed by atoms with Crippen LogP contribution in [-0.4, -0.2) is 37.4 Å². The third kappa shape index (κ3) is 4.80. The molecule has 0 fully saturated rings. The van der Waals surface area contributed by atoms with Gasteiger partial charge in [0.25, 0.3) is 5.69 Å². The third-order valence-electron chi connectivity index (χ3n) is 2.04. The fourth-order valence-electron chi connectivity index (χ4n) is 1.24. The molecule has 0 aromatic carbocycles. The molecule has 0 aliphatic carbocycles. The predicted octanol–water partition coefficient (Wildman–Crippen LogP) is -0.551. The fraction of sp³-hybridized carbons (Fsp3) is 0.455. The summed E-state index contributed by atoms with van der Waals surface area (Å²) < 4.78 is 5.55. The smallest absolute Gasteiger partial charge is 0.317 e. The van der Waals surface area contributed by atoms with E-state index in [-0.39, 0.29) is 12.3 Å². The molecule has 0 aliphatic heterocycles. The standard InChI is InChI=1S/C11H16N2O4/c14-7-9-17-8-3-5-12-11(15)10-4-1-2-6-13(10)16/h1-2,4,6,14H,3,5,7-9H2,(H,12,15). The lowest BCUT2D eigenvalue weighted by Gasteiger charge is -2.05. The SMILES string of the molecule is O=C(NCCCOCCO)c1cccc[n+]1[O-]. The molecule has 6 nitrogen and oxygen atoms in total. The van der Waals surface area contributed by atoms with Gasteiger partial charge in [-0.25, -0.2) is 0 Å². The first-order valence-corrected chi connectivity index (χ1v) is 5.40. The van der Waals surface area contributed by atoms with Crippen LogP contribution in [-0.2, 0) is 4.74 Å². The van der Waals surface area contributed by atoms with Gasteiger partial charge in [0.1, 0.15) is 0 Å². The molecule has 1 amide bonds. The summed E-state index contributed by atoms with van der Waals surface area (Å²) in [6.07, 6.45) is 1.91. The van der Waals surface area contributed by atoms with E-state index < -0.39 is 5.91 Å². The second-order valence-electron chi connectivity index (χ2n) is 3.36. The van der Waals surface area contributed by atoms with Gasteiger partial charge in [-0.05, 0) is 12.5 Å². The van der Waals surface area contributed by atoms with Gasteiger partial charge < -0.3 is 20.4 Å². The van der Waals surface area contributed by atoms with Gasteiger partial charge in [-0.1, -0.05) is 0 Å². The number of ether oxygens (including phenoxy) is 1. The first kappa shape index (κ1) is 13.4. The molecule has 1 heterocycles. The number of rotatable bonds is 7. The van der Waals surface area contributed by atoms with Crippen LogP contribution in [0.15, 0.2) is 24.4 Å². The first-order chi connectivity index (χ1) is 8.25. The molecule has 0 radical (unpaired) electrons. The summed E-state index contributed by atoms with van der Waals surface area (Å²) in [5.41, 5.74) is 0.0729. The summed E-state index contributed by atoms with van der Waals surface area (Å²) in [5, 5.41) is 22.3. The average Bonchev–Trinajstić information content (AvgIpc) is 2.34. The molecular weight excluding hydrogens is 224 g/mol. The molecule has 0 saturated carbocycles. The van der Waals surface area contributed by atoms with Crippen LogP contribution in [0.4, 0.5) is 0 Å². The number of carbonyl (C=O) groups excluding carboxylic acids is 1. The van der Waals surface area contributed by atoms with Crippen LogP contribution >= 0.6 is 0 Å². The molecule has 1 aromatic heterocycles. The molecule has 1 rings (SSSR count). The molecule has 17 heavy (non-hydrogen) atoms. The van der Waals surface area contributed by atoms with Crippen LogP contribution in [0.2, 0.25) is 0 Å². The molecule has 0 aliphatic rings. The molecule has 2 N–H and O–H groups in total. The number of carbonyl (C=O) groups is 1. The van der Waals surface area contributed by atoms with Crippen molar-refractivity contribution in [3.05, 3.63) is 35.3 Å². The van der Waals surface area contributed by atoms with Crippen LogP contribution in [0, 0.1) is 5.21 Å². The minimum atomic E-state index is -0.400. The Balaban J connectivity index is 2.24. The molecule has 0 unspecified atom stereocenters. The maximum Gasteiger partial charge on any atom is 0.317 e. The zero-order valence-corrected chi connectivity index (χ0v) is 9.46. The third-order valence-corrected chi connectivity index (χ3v) is 2.04. The van der Waals surface area contributed by atoms with Crippen molar-refractivity contribution < 1.29 is 19.4 Å². The van der Waals surface area contributed by atoms with Gasteiger partial charge in [-0.15, -0.1) is 0 Å². The normalized spacial score (nSPS) is 10.2. The Morgan fingerprint density at radius 3 is 3.00 bits per heavy atom. The van der Waals surface area contributed by atoms with Crippen molar-refractivity contribution in [3.8, 4) is 0 Å². The maximum absolute atomic E-state index is 11.5. The molecule has 6 heteroatoms. The topological polar surface area (TPSA) is 85.5 Å². The highest BCUT2D eigenvalue weighted by Crippen LogP contribution is 1.91. The van der Waals surface area contributed by atoms with Crippen LogP contribution in [0.1, 0.15) is 16.9 Å². The molecule has 0 bridgehead atoms. The van der Waals surface area contributed by atoms with E-state index in [1.807, 2.05) is 0 Å². The summed E-state index contributed by atoms with van der Waals surface area (Å²) in [4.78, 5) is 11.5. The van der Waals surface area contributed by atoms with Gasteiger partial charge in [-0.2, -0.15) is 4.73 Å². The van der Waals surface area contributed by atoms with E-state index in [1.165, 1.54) is 12.3 Å². The van der Waals surface area contributed by atoms with E-state index in [0.29, 0.717) is 30.9 Å². The number of hydrogen-bond acceptors (Lipinski definition) is 4. The van der Waals surface area contributed by atoms with Gasteiger partial charge >= 0.3 is 5.91 Å². The van der Waals surface area contributed by atoms with E-state index in [9.17, 15) is 10.0 Å². The van der Waals surface area contributed by atoms with Gasteiger partial charge in [0.05, 0.1) is 13.2 Å². The highest BCUT2D eigenvalue weighted by atomic mass is 16.5. The van der Waals surface area contributed by atoms with E-state index in [0.717, 1.165) is 0 Å². The second kappa shape index (κ2) is 7.59. The van der Waals surface area contributed by atoms with Gasteiger partial charge in [0.15, 0.2) is 6.20 Å². The minimum absolute atomic E-state index is 0.00738. The van der Waals surface area contributed by atoms with E-state index >= 15 is 0 Å². The molecule has 1 aromatic rings. The molecule has 0 atom stereocenters. The molecular formula is C11H16N2O4. The monoisotopic (exact) mass is 240 g/mol. The number of aliphatic hydroxyl groups excluding tert-OH is 1. The fourth-order valence-corrected chi connectivity index (χ4v) is 1.24. The lowest BCUT2D eigenvalue weighted by molar-refractivity contribution is -0.607. The lowest BCUT2D eigenvalue weighted by Crippen LogP contribution is -2.39. The van der Waals surface area contributed by atoms with Crippen molar-refractivity contribution in [2.45, 2.75) is 6.42 Å². The molecule has 0 spiro atoms. The maximum atomic E-state index is 11.5. The number of hydrogen-bond donors (Lipinski definition) is 2. The number of nitrogens with zero attached hydrogens (tertiary/aromatic N) is 1. The Kier molecular flexibility index (Phi) is 5.98. The number of pyridine rings is 1. The zero-order valence-electron chi connectivity index (χ0n) is 9.46. The van der Waals surface area contributed by atoms with Crippen LogP contribution in [0.5, 0.6) is 0 Å². The predicted molar refractivity (Wildman–Crippen MR) is 60.3 cm³/mol. The summed E-state index contributed by atoms with van der Waals surface area (Å²) >= 11 is 0. The Labute approximate surface area is 99.4 Å². The van der Waals surface area contributed by atoms with E-state index in [1.54, 1.807) is 12.1 Å². The highest BCUT2D eigenvalue weighted by Gasteiger charge is 2.13. The quantitative estimate of drug-likeness (QED) is 0.380. The van der Waals surface area contributed by atoms with E-state index in [2.05, 4.69) is 5.32 Å². The summed E-state index contributed by atoms with van der Waals surface area (Å²) in [6, 6.07) is 4.66. The van der Waals surface area contributed by atoms with Gasteiger partial charge in [0.2, 0.25) is 0 Å². The Hall–Kier alpha value is -1.66. The number of nitrogens with one attached hydrogen (secondary N) is 1. The largest absolute Gasteiger partial charge is 0.618 e. The summed E-state index contributed by atoms with van der Waals surface area (Å²) in [5.74, 6) is -0.400. The van der Waals surface area contributed by atoms with Gasteiger partial charge in [0, 0.05) is 25.3 Å². The Bertz CT molecular complexity index is 357. The van der Waals surface area contributed by atoms with Crippen molar-refractivity contribution in [1.82, 2.24) is 5.32 Å². The molecule has 94 valence electrons. The van der Waals surface area contributed by atoms with Crippen LogP contribution in [0.25, 0.3) is 0 Å². The highest BCUT2D eigenvalue weighted by molar-refractivity contribution is 5.90. The van der Waals surface area contributed by atoms with Crippen molar-refractivity contribution in [1.29, 1.82) is 0 Å². The second-order valence-corrected chi connectivity index (χ2v) is 3.36. The van der Waals surface area contributed by atoms with Crippen LogP contribution in [0.3, 0.4) is 0 Å². The average molecular weight is 240 g/mol. The van der Waals surface area contributed by atoms with Crippen molar-refractivity contribution in [2.24, 2.45) is 0 Å². The Morgan fingerprint density at radius 2 is 2.29 bits per heavy atom. The first-order valence-electron chi connectivity index (χ1n) is 5.40.